The van der Waals surface area contributed by atoms with Gasteiger partial charge in [-0.1, -0.05) is 41.9 Å². The van der Waals surface area contributed by atoms with E-state index in [1.807, 2.05) is 30.3 Å². The highest BCUT2D eigenvalue weighted by Gasteiger charge is 2.20. The van der Waals surface area contributed by atoms with Crippen molar-refractivity contribution >= 4 is 29.2 Å². The number of amides is 1. The quantitative estimate of drug-likeness (QED) is 0.723. The zero-order valence-electron chi connectivity index (χ0n) is 13.1. The number of rotatable bonds is 5. The number of hydrogen-bond acceptors (Lipinski definition) is 2. The number of nitrogens with one attached hydrogen (secondary N) is 1. The van der Waals surface area contributed by atoms with Gasteiger partial charge in [-0.2, -0.15) is 0 Å². The fourth-order valence-corrected chi connectivity index (χ4v) is 2.60. The van der Waals surface area contributed by atoms with E-state index in [2.05, 4.69) is 5.32 Å². The third-order valence-electron chi connectivity index (χ3n) is 3.67. The molecule has 6 heteroatoms. The molecule has 1 heterocycles. The summed E-state index contributed by atoms with van der Waals surface area (Å²) in [5.41, 5.74) is 1.63. The fourth-order valence-electron chi connectivity index (χ4n) is 2.48. The molecule has 3 rings (SSSR count). The first-order chi connectivity index (χ1) is 12.0. The van der Waals surface area contributed by atoms with Gasteiger partial charge >= 0.3 is 5.97 Å². The molecule has 126 valence electrons. The van der Waals surface area contributed by atoms with E-state index in [1.54, 1.807) is 35.0 Å². The maximum absolute atomic E-state index is 12.5. The number of aromatic carboxylic acids is 1. The van der Waals surface area contributed by atoms with Crippen molar-refractivity contribution in [2.75, 3.05) is 5.32 Å². The first-order valence-corrected chi connectivity index (χ1v) is 7.94. The number of anilines is 1. The Morgan fingerprint density at radius 2 is 1.60 bits per heavy atom. The number of carboxylic acid groups (broad SMARTS) is 1. The number of carbonyl (C=O) groups is 2. The molecule has 3 aromatic rings. The Balaban J connectivity index is 1.85. The minimum absolute atomic E-state index is 0.0394. The Bertz CT molecular complexity index is 902. The largest absolute Gasteiger partial charge is 0.478 e. The molecule has 0 aliphatic rings. The lowest BCUT2D eigenvalue weighted by Gasteiger charge is -2.05. The molecule has 2 N–H and O–H groups in total. The van der Waals surface area contributed by atoms with Crippen LogP contribution in [0.15, 0.2) is 67.0 Å². The van der Waals surface area contributed by atoms with Crippen LogP contribution in [0.5, 0.6) is 0 Å². The lowest BCUT2D eigenvalue weighted by Crippen LogP contribution is -2.14. The van der Waals surface area contributed by atoms with Crippen molar-refractivity contribution in [3.05, 3.63) is 88.7 Å². The summed E-state index contributed by atoms with van der Waals surface area (Å²) in [7, 11) is 0. The van der Waals surface area contributed by atoms with Crippen LogP contribution in [0.25, 0.3) is 0 Å². The standard InChI is InChI=1S/C19H15ClN2O3/c20-14-6-8-15(9-7-14)21-18(23)16-11-22(12-17(16)19(24)25)10-13-4-2-1-3-5-13/h1-9,11-12H,10H2,(H,21,23)(H,24,25). The van der Waals surface area contributed by atoms with Crippen LogP contribution in [0, 0.1) is 0 Å². The molecule has 0 radical (unpaired) electrons. The number of carboxylic acids is 1. The zero-order valence-corrected chi connectivity index (χ0v) is 13.9. The molecule has 5 nitrogen and oxygen atoms in total. The van der Waals surface area contributed by atoms with Crippen molar-refractivity contribution in [2.24, 2.45) is 0 Å². The lowest BCUT2D eigenvalue weighted by molar-refractivity contribution is 0.0692. The topological polar surface area (TPSA) is 71.3 Å². The van der Waals surface area contributed by atoms with Crippen LogP contribution in [0.1, 0.15) is 26.3 Å². The second-order valence-electron chi connectivity index (χ2n) is 5.51. The number of benzene rings is 2. The molecule has 0 unspecified atom stereocenters. The third-order valence-corrected chi connectivity index (χ3v) is 3.92. The molecule has 0 aliphatic heterocycles. The summed E-state index contributed by atoms with van der Waals surface area (Å²) in [6.45, 7) is 0.481. The molecule has 0 bridgehead atoms. The van der Waals surface area contributed by atoms with Crippen LogP contribution in [0.4, 0.5) is 5.69 Å². The van der Waals surface area contributed by atoms with Crippen molar-refractivity contribution in [2.45, 2.75) is 6.54 Å². The van der Waals surface area contributed by atoms with Gasteiger partial charge < -0.3 is 15.0 Å². The van der Waals surface area contributed by atoms with Gasteiger partial charge in [-0.05, 0) is 29.8 Å². The average Bonchev–Trinajstić information content (AvgIpc) is 3.02. The van der Waals surface area contributed by atoms with Crippen molar-refractivity contribution in [1.29, 1.82) is 0 Å². The molecule has 25 heavy (non-hydrogen) atoms. The van der Waals surface area contributed by atoms with E-state index in [4.69, 9.17) is 11.6 Å². The molecule has 0 saturated carbocycles. The van der Waals surface area contributed by atoms with Crippen molar-refractivity contribution in [3.63, 3.8) is 0 Å². The minimum atomic E-state index is -1.15. The Labute approximate surface area is 149 Å². The van der Waals surface area contributed by atoms with E-state index in [9.17, 15) is 14.7 Å². The number of carbonyl (C=O) groups excluding carboxylic acids is 1. The van der Waals surface area contributed by atoms with Crippen LogP contribution >= 0.6 is 11.6 Å². The molecule has 0 aliphatic carbocycles. The Morgan fingerprint density at radius 1 is 0.960 bits per heavy atom. The Morgan fingerprint density at radius 3 is 2.24 bits per heavy atom. The summed E-state index contributed by atoms with van der Waals surface area (Å²) in [6, 6.07) is 16.2. The van der Waals surface area contributed by atoms with Gasteiger partial charge in [-0.25, -0.2) is 4.79 Å². The van der Waals surface area contributed by atoms with Crippen LogP contribution in [-0.4, -0.2) is 21.6 Å². The summed E-state index contributed by atoms with van der Waals surface area (Å²) in [4.78, 5) is 23.9. The molecule has 0 spiro atoms. The van der Waals surface area contributed by atoms with Gasteiger partial charge in [0.2, 0.25) is 0 Å². The molecule has 2 aromatic carbocycles. The Hall–Kier alpha value is -3.05. The first kappa shape index (κ1) is 16.8. The lowest BCUT2D eigenvalue weighted by atomic mass is 10.2. The SMILES string of the molecule is O=C(O)c1cn(Cc2ccccc2)cc1C(=O)Nc1ccc(Cl)cc1. The van der Waals surface area contributed by atoms with E-state index in [1.165, 1.54) is 6.20 Å². The van der Waals surface area contributed by atoms with E-state index in [-0.39, 0.29) is 11.1 Å². The summed E-state index contributed by atoms with van der Waals surface area (Å²) in [6.07, 6.45) is 3.01. The summed E-state index contributed by atoms with van der Waals surface area (Å²) < 4.78 is 1.69. The molecule has 0 atom stereocenters. The second-order valence-corrected chi connectivity index (χ2v) is 5.95. The Kier molecular flexibility index (Phi) is 4.86. The molecule has 0 fully saturated rings. The highest BCUT2D eigenvalue weighted by Crippen LogP contribution is 2.18. The second kappa shape index (κ2) is 7.23. The minimum Gasteiger partial charge on any atom is -0.478 e. The van der Waals surface area contributed by atoms with Crippen LogP contribution < -0.4 is 5.32 Å². The van der Waals surface area contributed by atoms with E-state index >= 15 is 0 Å². The van der Waals surface area contributed by atoms with Crippen molar-refractivity contribution < 1.29 is 14.7 Å². The number of nitrogens with zero attached hydrogens (tertiary/aromatic N) is 1. The van der Waals surface area contributed by atoms with Crippen molar-refractivity contribution in [3.8, 4) is 0 Å². The van der Waals surface area contributed by atoms with E-state index in [0.29, 0.717) is 17.3 Å². The highest BCUT2D eigenvalue weighted by atomic mass is 35.5. The summed E-state index contributed by atoms with van der Waals surface area (Å²) >= 11 is 5.82. The van der Waals surface area contributed by atoms with Crippen LogP contribution in [0.3, 0.4) is 0 Å². The number of aromatic nitrogens is 1. The monoisotopic (exact) mass is 354 g/mol. The van der Waals surface area contributed by atoms with Crippen molar-refractivity contribution in [1.82, 2.24) is 4.57 Å². The van der Waals surface area contributed by atoms with Crippen LogP contribution in [-0.2, 0) is 6.54 Å². The predicted octanol–water partition coefficient (Wildman–Crippen LogP) is 4.14. The number of hydrogen-bond donors (Lipinski definition) is 2. The molecule has 1 amide bonds. The van der Waals surface area contributed by atoms with Gasteiger partial charge in [0.15, 0.2) is 0 Å². The number of halogens is 1. The highest BCUT2D eigenvalue weighted by molar-refractivity contribution is 6.30. The molecular weight excluding hydrogens is 340 g/mol. The van der Waals surface area contributed by atoms with Gasteiger partial charge in [0.1, 0.15) is 0 Å². The molecule has 1 aromatic heterocycles. The van der Waals surface area contributed by atoms with Gasteiger partial charge in [0.05, 0.1) is 11.1 Å². The van der Waals surface area contributed by atoms with Gasteiger partial charge in [-0.15, -0.1) is 0 Å². The van der Waals surface area contributed by atoms with E-state index in [0.717, 1.165) is 5.56 Å². The third kappa shape index (κ3) is 4.08. The smallest absolute Gasteiger partial charge is 0.338 e. The van der Waals surface area contributed by atoms with E-state index < -0.39 is 11.9 Å². The predicted molar refractivity (Wildman–Crippen MR) is 96.3 cm³/mol. The maximum Gasteiger partial charge on any atom is 0.338 e. The zero-order chi connectivity index (χ0) is 17.8. The molecular formula is C19H15ClN2O3. The fraction of sp³-hybridized carbons (Fsp3) is 0.0526. The average molecular weight is 355 g/mol. The van der Waals surface area contributed by atoms with Gasteiger partial charge in [-0.3, -0.25) is 4.79 Å². The first-order valence-electron chi connectivity index (χ1n) is 7.57. The normalized spacial score (nSPS) is 10.4. The summed E-state index contributed by atoms with van der Waals surface area (Å²) in [5.74, 6) is -1.63. The maximum atomic E-state index is 12.5. The van der Waals surface area contributed by atoms with Gasteiger partial charge in [0, 0.05) is 29.6 Å². The van der Waals surface area contributed by atoms with Crippen LogP contribution in [0.2, 0.25) is 5.02 Å². The van der Waals surface area contributed by atoms with Gasteiger partial charge in [0.25, 0.3) is 5.91 Å². The molecule has 0 saturated heterocycles. The summed E-state index contributed by atoms with van der Waals surface area (Å²) in [5, 5.41) is 12.6.